The highest BCUT2D eigenvalue weighted by atomic mass is 127. The zero-order valence-electron chi connectivity index (χ0n) is 14.0. The molecule has 1 atom stereocenters. The molecular formula is C19H16F3IN2O2. The van der Waals surface area contributed by atoms with Gasteiger partial charge in [-0.25, -0.2) is 0 Å². The van der Waals surface area contributed by atoms with Crippen molar-refractivity contribution in [2.24, 2.45) is 0 Å². The summed E-state index contributed by atoms with van der Waals surface area (Å²) in [5.74, 6) is -2.42. The molecule has 0 fully saturated rings. The number of carbonyl (C=O) groups is 2. The van der Waals surface area contributed by atoms with Crippen LogP contribution in [0.5, 0.6) is 0 Å². The van der Waals surface area contributed by atoms with E-state index in [-0.39, 0.29) is 6.42 Å². The van der Waals surface area contributed by atoms with Crippen LogP contribution in [-0.2, 0) is 16.0 Å². The first kappa shape index (κ1) is 20.9. The topological polar surface area (TPSA) is 58.2 Å². The van der Waals surface area contributed by atoms with Gasteiger partial charge in [-0.05, 0) is 52.4 Å². The highest BCUT2D eigenvalue weighted by Gasteiger charge is 2.36. The second-order valence-electron chi connectivity index (χ2n) is 5.60. The third kappa shape index (κ3) is 7.05. The van der Waals surface area contributed by atoms with Gasteiger partial charge in [0.05, 0.1) is 0 Å². The van der Waals surface area contributed by atoms with E-state index in [1.54, 1.807) is 36.4 Å². The molecule has 2 rings (SSSR count). The van der Waals surface area contributed by atoms with Crippen LogP contribution in [0.1, 0.15) is 5.56 Å². The minimum atomic E-state index is -4.95. The summed E-state index contributed by atoms with van der Waals surface area (Å²) in [6, 6.07) is 15.2. The fourth-order valence-electron chi connectivity index (χ4n) is 2.17. The number of hydrogen-bond donors (Lipinski definition) is 2. The van der Waals surface area contributed by atoms with Crippen LogP contribution < -0.4 is 10.6 Å². The van der Waals surface area contributed by atoms with Gasteiger partial charge in [0.1, 0.15) is 6.04 Å². The number of amides is 1. The maximum atomic E-state index is 12.6. The minimum Gasteiger partial charge on any atom is -0.379 e. The number of anilines is 1. The van der Waals surface area contributed by atoms with Gasteiger partial charge < -0.3 is 10.6 Å². The summed E-state index contributed by atoms with van der Waals surface area (Å²) in [4.78, 5) is 23.5. The summed E-state index contributed by atoms with van der Waals surface area (Å²) in [5, 5.41) is 5.30. The molecule has 4 nitrogen and oxygen atoms in total. The van der Waals surface area contributed by atoms with E-state index >= 15 is 0 Å². The molecule has 0 spiro atoms. The third-order valence-electron chi connectivity index (χ3n) is 3.52. The van der Waals surface area contributed by atoms with Gasteiger partial charge in [0, 0.05) is 28.0 Å². The summed E-state index contributed by atoms with van der Waals surface area (Å²) in [5.41, 5.74) is 1.39. The molecule has 0 radical (unpaired) electrons. The first-order valence-corrected chi connectivity index (χ1v) is 8.97. The molecule has 2 aromatic carbocycles. The number of benzene rings is 2. The van der Waals surface area contributed by atoms with Gasteiger partial charge in [-0.2, -0.15) is 13.2 Å². The van der Waals surface area contributed by atoms with Crippen LogP contribution >= 0.6 is 22.6 Å². The zero-order chi connectivity index (χ0) is 19.9. The summed E-state index contributed by atoms with van der Waals surface area (Å²) >= 11 is 2.13. The van der Waals surface area contributed by atoms with Gasteiger partial charge in [0.2, 0.25) is 5.91 Å². The first-order chi connectivity index (χ1) is 12.8. The summed E-state index contributed by atoms with van der Waals surface area (Å²) in [6.07, 6.45) is -3.48. The van der Waals surface area contributed by atoms with E-state index < -0.39 is 23.9 Å². The normalized spacial score (nSPS) is 12.6. The van der Waals surface area contributed by atoms with E-state index in [1.165, 1.54) is 0 Å². The number of halogens is 4. The second kappa shape index (κ2) is 9.54. The van der Waals surface area contributed by atoms with Crippen molar-refractivity contribution in [3.05, 3.63) is 76.0 Å². The third-order valence-corrected chi connectivity index (χ3v) is 4.24. The van der Waals surface area contributed by atoms with Crippen LogP contribution in [-0.4, -0.2) is 23.9 Å². The fraction of sp³-hybridized carbons (Fsp3) is 0.158. The lowest BCUT2D eigenvalue weighted by molar-refractivity contribution is -0.165. The Morgan fingerprint density at radius 1 is 1.04 bits per heavy atom. The van der Waals surface area contributed by atoms with Gasteiger partial charge in [-0.15, -0.1) is 0 Å². The number of carbonyl (C=O) groups excluding carboxylic acids is 2. The molecule has 0 aliphatic carbocycles. The molecule has 0 aliphatic heterocycles. The van der Waals surface area contributed by atoms with Crippen molar-refractivity contribution < 1.29 is 22.8 Å². The maximum Gasteiger partial charge on any atom is 0.454 e. The highest BCUT2D eigenvalue weighted by molar-refractivity contribution is 14.1. The highest BCUT2D eigenvalue weighted by Crippen LogP contribution is 2.16. The van der Waals surface area contributed by atoms with Crippen molar-refractivity contribution >= 4 is 40.0 Å². The van der Waals surface area contributed by atoms with Crippen LogP contribution in [0.3, 0.4) is 0 Å². The SMILES string of the molecule is O=C(Nc1ccc(I)cc1)[C@H](Cc1ccccc1)NC=CC(=O)C(F)(F)F. The number of alkyl halides is 3. The molecule has 0 aliphatic rings. The van der Waals surface area contributed by atoms with Crippen molar-refractivity contribution in [3.8, 4) is 0 Å². The van der Waals surface area contributed by atoms with Crippen LogP contribution in [0.15, 0.2) is 66.9 Å². The Kier molecular flexibility index (Phi) is 7.40. The number of nitrogens with one attached hydrogen (secondary N) is 2. The van der Waals surface area contributed by atoms with E-state index in [2.05, 4.69) is 33.2 Å². The molecule has 0 bridgehead atoms. The van der Waals surface area contributed by atoms with E-state index in [9.17, 15) is 22.8 Å². The Hall–Kier alpha value is -2.36. The average molecular weight is 488 g/mol. The van der Waals surface area contributed by atoms with Gasteiger partial charge in [0.25, 0.3) is 5.78 Å². The smallest absolute Gasteiger partial charge is 0.379 e. The Morgan fingerprint density at radius 3 is 2.26 bits per heavy atom. The second-order valence-corrected chi connectivity index (χ2v) is 6.85. The number of rotatable bonds is 7. The van der Waals surface area contributed by atoms with Gasteiger partial charge in [0.15, 0.2) is 0 Å². The lowest BCUT2D eigenvalue weighted by Gasteiger charge is -2.17. The van der Waals surface area contributed by atoms with Crippen LogP contribution in [0, 0.1) is 3.57 Å². The molecule has 142 valence electrons. The van der Waals surface area contributed by atoms with Crippen LogP contribution in [0.25, 0.3) is 0 Å². The minimum absolute atomic E-state index is 0.238. The molecule has 8 heteroatoms. The lowest BCUT2D eigenvalue weighted by Crippen LogP contribution is -2.39. The Labute approximate surface area is 168 Å². The van der Waals surface area contributed by atoms with Crippen LogP contribution in [0.2, 0.25) is 0 Å². The van der Waals surface area contributed by atoms with Gasteiger partial charge in [-0.1, -0.05) is 30.3 Å². The van der Waals surface area contributed by atoms with Crippen molar-refractivity contribution in [1.29, 1.82) is 0 Å². The molecule has 0 saturated heterocycles. The number of ketones is 1. The van der Waals surface area contributed by atoms with Crippen molar-refractivity contribution in [2.75, 3.05) is 5.32 Å². The monoisotopic (exact) mass is 488 g/mol. The largest absolute Gasteiger partial charge is 0.454 e. The molecule has 0 unspecified atom stereocenters. The molecule has 27 heavy (non-hydrogen) atoms. The van der Waals surface area contributed by atoms with E-state index in [0.29, 0.717) is 11.8 Å². The van der Waals surface area contributed by atoms with E-state index in [1.807, 2.05) is 18.2 Å². The molecule has 2 N–H and O–H groups in total. The summed E-state index contributed by atoms with van der Waals surface area (Å²) < 4.78 is 37.9. The predicted molar refractivity (Wildman–Crippen MR) is 105 cm³/mol. The van der Waals surface area contributed by atoms with E-state index in [0.717, 1.165) is 15.3 Å². The predicted octanol–water partition coefficient (Wildman–Crippen LogP) is 4.08. The quantitative estimate of drug-likeness (QED) is 0.457. The number of hydrogen-bond acceptors (Lipinski definition) is 3. The molecule has 0 heterocycles. The first-order valence-electron chi connectivity index (χ1n) is 7.90. The Bertz CT molecular complexity index is 806. The average Bonchev–Trinajstić information content (AvgIpc) is 2.62. The molecule has 1 amide bonds. The number of allylic oxidation sites excluding steroid dienone is 1. The molecule has 0 saturated carbocycles. The molecule has 0 aromatic heterocycles. The van der Waals surface area contributed by atoms with Gasteiger partial charge in [-0.3, -0.25) is 9.59 Å². The fourth-order valence-corrected chi connectivity index (χ4v) is 2.53. The summed E-state index contributed by atoms with van der Waals surface area (Å²) in [6.45, 7) is 0. The van der Waals surface area contributed by atoms with Crippen molar-refractivity contribution in [2.45, 2.75) is 18.6 Å². The standard InChI is InChI=1S/C19H16F3IN2O2/c20-19(21,22)17(26)10-11-24-16(12-13-4-2-1-3-5-13)18(27)25-15-8-6-14(23)7-9-15/h1-11,16,24H,12H2,(H,25,27)/t16-/m0/s1. The molecular weight excluding hydrogens is 472 g/mol. The van der Waals surface area contributed by atoms with Crippen molar-refractivity contribution in [1.82, 2.24) is 5.32 Å². The zero-order valence-corrected chi connectivity index (χ0v) is 16.1. The van der Waals surface area contributed by atoms with E-state index in [4.69, 9.17) is 0 Å². The van der Waals surface area contributed by atoms with Crippen molar-refractivity contribution in [3.63, 3.8) is 0 Å². The Balaban J connectivity index is 2.10. The summed E-state index contributed by atoms with van der Waals surface area (Å²) in [7, 11) is 0. The lowest BCUT2D eigenvalue weighted by atomic mass is 10.1. The Morgan fingerprint density at radius 2 is 1.67 bits per heavy atom. The molecule has 2 aromatic rings. The van der Waals surface area contributed by atoms with Gasteiger partial charge >= 0.3 is 6.18 Å². The maximum absolute atomic E-state index is 12.6. The van der Waals surface area contributed by atoms with Crippen LogP contribution in [0.4, 0.5) is 18.9 Å².